The fourth-order valence-electron chi connectivity index (χ4n) is 2.57. The van der Waals surface area contributed by atoms with Gasteiger partial charge in [-0.3, -0.25) is 9.59 Å². The zero-order valence-electron chi connectivity index (χ0n) is 15.7. The number of thiophene rings is 1. The highest BCUT2D eigenvalue weighted by Gasteiger charge is 2.25. The summed E-state index contributed by atoms with van der Waals surface area (Å²) in [6.07, 6.45) is 0.912. The molecule has 6 nitrogen and oxygen atoms in total. The van der Waals surface area contributed by atoms with Gasteiger partial charge < -0.3 is 14.8 Å². The van der Waals surface area contributed by atoms with Gasteiger partial charge >= 0.3 is 11.9 Å². The van der Waals surface area contributed by atoms with Gasteiger partial charge in [0, 0.05) is 16.9 Å². The zero-order valence-corrected chi connectivity index (χ0v) is 16.5. The lowest BCUT2D eigenvalue weighted by Gasteiger charge is -2.09. The molecule has 144 valence electrons. The van der Waals surface area contributed by atoms with Gasteiger partial charge in [0.05, 0.1) is 6.61 Å². The second-order valence-electron chi connectivity index (χ2n) is 5.78. The number of benzene rings is 1. The van der Waals surface area contributed by atoms with Gasteiger partial charge in [-0.15, -0.1) is 11.3 Å². The van der Waals surface area contributed by atoms with E-state index in [1.54, 1.807) is 6.92 Å². The number of rotatable bonds is 8. The van der Waals surface area contributed by atoms with Crippen molar-refractivity contribution in [2.45, 2.75) is 33.6 Å². The monoisotopic (exact) mass is 389 g/mol. The molecule has 0 saturated carbocycles. The van der Waals surface area contributed by atoms with Gasteiger partial charge in [0.2, 0.25) is 0 Å². The van der Waals surface area contributed by atoms with E-state index in [9.17, 15) is 14.4 Å². The predicted molar refractivity (Wildman–Crippen MR) is 105 cm³/mol. The van der Waals surface area contributed by atoms with Crippen molar-refractivity contribution in [3.63, 3.8) is 0 Å². The molecular weight excluding hydrogens is 366 g/mol. The van der Waals surface area contributed by atoms with E-state index in [2.05, 4.69) is 5.32 Å². The first-order chi connectivity index (χ1) is 13.0. The van der Waals surface area contributed by atoms with Crippen molar-refractivity contribution in [1.82, 2.24) is 0 Å². The third-order valence-corrected chi connectivity index (χ3v) is 4.72. The van der Waals surface area contributed by atoms with Gasteiger partial charge in [-0.05, 0) is 25.8 Å². The van der Waals surface area contributed by atoms with E-state index in [0.717, 1.165) is 16.0 Å². The number of anilines is 1. The third-order valence-electron chi connectivity index (χ3n) is 3.70. The normalized spacial score (nSPS) is 10.3. The summed E-state index contributed by atoms with van der Waals surface area (Å²) in [5.41, 5.74) is 1.92. The van der Waals surface area contributed by atoms with Crippen LogP contribution in [0.1, 0.15) is 41.9 Å². The lowest BCUT2D eigenvalue weighted by Crippen LogP contribution is -2.21. The summed E-state index contributed by atoms with van der Waals surface area (Å²) in [5.74, 6) is -1.42. The summed E-state index contributed by atoms with van der Waals surface area (Å²) in [5, 5.41) is 3.07. The number of hydrogen-bond donors (Lipinski definition) is 1. The van der Waals surface area contributed by atoms with Crippen LogP contribution in [0.2, 0.25) is 0 Å². The molecule has 1 N–H and O–H groups in total. The van der Waals surface area contributed by atoms with E-state index in [4.69, 9.17) is 9.47 Å². The van der Waals surface area contributed by atoms with E-state index in [-0.39, 0.29) is 13.0 Å². The Hall–Kier alpha value is -2.67. The number of esters is 2. The maximum Gasteiger partial charge on any atom is 0.341 e. The summed E-state index contributed by atoms with van der Waals surface area (Å²) in [7, 11) is 0. The van der Waals surface area contributed by atoms with Gasteiger partial charge in [0.25, 0.3) is 5.91 Å². The molecule has 0 spiro atoms. The third kappa shape index (κ3) is 5.40. The van der Waals surface area contributed by atoms with Crippen molar-refractivity contribution in [2.24, 2.45) is 0 Å². The van der Waals surface area contributed by atoms with E-state index < -0.39 is 24.5 Å². The quantitative estimate of drug-likeness (QED) is 0.685. The second-order valence-corrected chi connectivity index (χ2v) is 7.01. The van der Waals surface area contributed by atoms with Crippen molar-refractivity contribution in [3.05, 3.63) is 40.8 Å². The Morgan fingerprint density at radius 1 is 1.07 bits per heavy atom. The fraction of sp³-hybridized carbons (Fsp3) is 0.350. The number of aryl methyl sites for hydroxylation is 1. The summed E-state index contributed by atoms with van der Waals surface area (Å²) in [4.78, 5) is 37.0. The maximum atomic E-state index is 12.6. The predicted octanol–water partition coefficient (Wildman–Crippen LogP) is 4.18. The highest BCUT2D eigenvalue weighted by molar-refractivity contribution is 7.17. The molecule has 1 aromatic carbocycles. The van der Waals surface area contributed by atoms with Crippen molar-refractivity contribution >= 4 is 34.2 Å². The molecule has 1 amide bonds. The molecule has 1 heterocycles. The number of amides is 1. The fourth-order valence-corrected chi connectivity index (χ4v) is 3.65. The van der Waals surface area contributed by atoms with Crippen LogP contribution >= 0.6 is 11.3 Å². The molecule has 1 aromatic heterocycles. The van der Waals surface area contributed by atoms with Crippen molar-refractivity contribution in [3.8, 4) is 11.1 Å². The van der Waals surface area contributed by atoms with Gasteiger partial charge in [0.15, 0.2) is 6.61 Å². The first kappa shape index (κ1) is 20.6. The minimum Gasteiger partial charge on any atom is -0.462 e. The number of nitrogens with one attached hydrogen (secondary N) is 1. The van der Waals surface area contributed by atoms with Crippen LogP contribution in [-0.2, 0) is 19.1 Å². The van der Waals surface area contributed by atoms with Gasteiger partial charge in [-0.25, -0.2) is 4.79 Å². The summed E-state index contributed by atoms with van der Waals surface area (Å²) in [6, 6.07) is 9.45. The molecule has 0 saturated heterocycles. The van der Waals surface area contributed by atoms with E-state index >= 15 is 0 Å². The van der Waals surface area contributed by atoms with E-state index in [1.807, 2.05) is 44.2 Å². The van der Waals surface area contributed by atoms with Crippen molar-refractivity contribution in [2.75, 3.05) is 18.5 Å². The first-order valence-electron chi connectivity index (χ1n) is 8.79. The molecule has 0 aliphatic carbocycles. The molecule has 2 rings (SSSR count). The minimum atomic E-state index is -0.501. The Morgan fingerprint density at radius 2 is 1.78 bits per heavy atom. The average Bonchev–Trinajstić information content (AvgIpc) is 2.97. The van der Waals surface area contributed by atoms with Crippen LogP contribution in [-0.4, -0.2) is 31.1 Å². The lowest BCUT2D eigenvalue weighted by molar-refractivity contribution is -0.147. The standard InChI is InChI=1S/C20H23NO5S/c1-4-9-16(23)26-12-15(22)21-19-18(20(24)25-5-2)17(13(3)27-19)14-10-7-6-8-11-14/h6-8,10-11H,4-5,9,12H2,1-3H3,(H,21,22). The molecule has 0 bridgehead atoms. The Balaban J connectivity index is 2.29. The molecule has 0 atom stereocenters. The van der Waals surface area contributed by atoms with Crippen molar-refractivity contribution in [1.29, 1.82) is 0 Å². The smallest absolute Gasteiger partial charge is 0.341 e. The average molecular weight is 389 g/mol. The number of ether oxygens (including phenoxy) is 2. The van der Waals surface area contributed by atoms with Gasteiger partial charge in [-0.2, -0.15) is 0 Å². The lowest BCUT2D eigenvalue weighted by atomic mass is 10.0. The van der Waals surface area contributed by atoms with Crippen LogP contribution in [0.25, 0.3) is 11.1 Å². The van der Waals surface area contributed by atoms with Crippen LogP contribution in [0.4, 0.5) is 5.00 Å². The Bertz CT molecular complexity index is 813. The molecule has 0 aliphatic rings. The molecular formula is C20H23NO5S. The van der Waals surface area contributed by atoms with Crippen LogP contribution in [0.15, 0.2) is 30.3 Å². The van der Waals surface area contributed by atoms with E-state index in [1.165, 1.54) is 11.3 Å². The minimum absolute atomic E-state index is 0.226. The number of hydrogen-bond acceptors (Lipinski definition) is 6. The van der Waals surface area contributed by atoms with Crippen LogP contribution in [0, 0.1) is 6.92 Å². The first-order valence-corrected chi connectivity index (χ1v) is 9.60. The number of carbonyl (C=O) groups excluding carboxylic acids is 3. The SMILES string of the molecule is CCCC(=O)OCC(=O)Nc1sc(C)c(-c2ccccc2)c1C(=O)OCC. The van der Waals surface area contributed by atoms with Crippen molar-refractivity contribution < 1.29 is 23.9 Å². The van der Waals surface area contributed by atoms with Crippen LogP contribution in [0.5, 0.6) is 0 Å². The van der Waals surface area contributed by atoms with Gasteiger partial charge in [-0.1, -0.05) is 37.3 Å². The molecule has 7 heteroatoms. The molecule has 0 unspecified atom stereocenters. The summed E-state index contributed by atoms with van der Waals surface area (Å²) >= 11 is 1.29. The molecule has 0 aliphatic heterocycles. The Kier molecular flexibility index (Phi) is 7.55. The Morgan fingerprint density at radius 3 is 2.41 bits per heavy atom. The van der Waals surface area contributed by atoms with Gasteiger partial charge in [0.1, 0.15) is 10.6 Å². The topological polar surface area (TPSA) is 81.7 Å². The second kappa shape index (κ2) is 9.87. The molecule has 0 radical (unpaired) electrons. The van der Waals surface area contributed by atoms with Crippen LogP contribution in [0.3, 0.4) is 0 Å². The molecule has 27 heavy (non-hydrogen) atoms. The largest absolute Gasteiger partial charge is 0.462 e. The maximum absolute atomic E-state index is 12.6. The molecule has 2 aromatic rings. The van der Waals surface area contributed by atoms with Crippen LogP contribution < -0.4 is 5.32 Å². The number of carbonyl (C=O) groups is 3. The van der Waals surface area contributed by atoms with E-state index in [0.29, 0.717) is 17.0 Å². The Labute approximate surface area is 162 Å². The summed E-state index contributed by atoms with van der Waals surface area (Å²) in [6.45, 7) is 5.30. The zero-order chi connectivity index (χ0) is 19.8. The summed E-state index contributed by atoms with van der Waals surface area (Å²) < 4.78 is 10.1. The highest BCUT2D eigenvalue weighted by atomic mass is 32.1. The highest BCUT2D eigenvalue weighted by Crippen LogP contribution is 2.40. The molecule has 0 fully saturated rings.